The summed E-state index contributed by atoms with van der Waals surface area (Å²) in [6.45, 7) is 4.60. The van der Waals surface area contributed by atoms with Crippen molar-refractivity contribution < 1.29 is 19.6 Å². The second-order valence-corrected chi connectivity index (χ2v) is 5.82. The zero-order chi connectivity index (χ0) is 17.0. The predicted octanol–water partition coefficient (Wildman–Crippen LogP) is 2.37. The number of non-ortho nitro benzene ring substituents is 1. The molecule has 0 spiro atoms. The minimum absolute atomic E-state index is 0.130. The van der Waals surface area contributed by atoms with Crippen molar-refractivity contribution in [3.63, 3.8) is 0 Å². The van der Waals surface area contributed by atoms with Crippen LogP contribution in [0.1, 0.15) is 26.7 Å². The number of amides is 2. The van der Waals surface area contributed by atoms with Crippen LogP contribution in [0.25, 0.3) is 0 Å². The van der Waals surface area contributed by atoms with Crippen molar-refractivity contribution in [2.45, 2.75) is 32.3 Å². The number of nitro groups is 1. The van der Waals surface area contributed by atoms with E-state index in [0.29, 0.717) is 31.7 Å². The van der Waals surface area contributed by atoms with Gasteiger partial charge in [-0.15, -0.1) is 0 Å². The van der Waals surface area contributed by atoms with Crippen molar-refractivity contribution in [1.29, 1.82) is 0 Å². The van der Waals surface area contributed by atoms with Crippen LogP contribution in [0.3, 0.4) is 0 Å². The van der Waals surface area contributed by atoms with Gasteiger partial charge < -0.3 is 20.1 Å². The summed E-state index contributed by atoms with van der Waals surface area (Å²) in [5.74, 6) is 0.371. The molecule has 0 aliphatic carbocycles. The highest BCUT2D eigenvalue weighted by Crippen LogP contribution is 2.30. The summed E-state index contributed by atoms with van der Waals surface area (Å²) in [5, 5.41) is 23.6. The van der Waals surface area contributed by atoms with Gasteiger partial charge >= 0.3 is 6.03 Å². The summed E-state index contributed by atoms with van der Waals surface area (Å²) in [6, 6.07) is 3.65. The number of likely N-dealkylation sites (tertiary alicyclic amines) is 1. The van der Waals surface area contributed by atoms with E-state index in [-0.39, 0.29) is 17.9 Å². The molecule has 0 unspecified atom stereocenters. The minimum Gasteiger partial charge on any atom is -0.492 e. The monoisotopic (exact) mass is 323 g/mol. The number of piperidine rings is 1. The molecule has 126 valence electrons. The first kappa shape index (κ1) is 17.0. The second-order valence-electron chi connectivity index (χ2n) is 5.82. The Bertz CT molecular complexity index is 603. The molecule has 1 atom stereocenters. The first-order valence-corrected chi connectivity index (χ1v) is 7.52. The topological polar surface area (TPSA) is 105 Å². The van der Waals surface area contributed by atoms with E-state index >= 15 is 0 Å². The van der Waals surface area contributed by atoms with Crippen LogP contribution in [-0.4, -0.2) is 46.3 Å². The smallest absolute Gasteiger partial charge is 0.322 e. The molecule has 1 aliphatic rings. The van der Waals surface area contributed by atoms with Crippen molar-refractivity contribution in [3.05, 3.63) is 28.3 Å². The second kappa shape index (κ2) is 6.82. The van der Waals surface area contributed by atoms with Crippen molar-refractivity contribution >= 4 is 17.4 Å². The molecule has 1 aromatic carbocycles. The van der Waals surface area contributed by atoms with Crippen molar-refractivity contribution in [2.24, 2.45) is 0 Å². The average Bonchev–Trinajstić information content (AvgIpc) is 2.48. The van der Waals surface area contributed by atoms with E-state index in [0.717, 1.165) is 0 Å². The van der Waals surface area contributed by atoms with Gasteiger partial charge in [0.25, 0.3) is 5.69 Å². The largest absolute Gasteiger partial charge is 0.492 e. The molecule has 1 aromatic rings. The summed E-state index contributed by atoms with van der Waals surface area (Å²) in [5.41, 5.74) is -0.799. The van der Waals surface area contributed by atoms with Crippen LogP contribution in [0.5, 0.6) is 5.75 Å². The Morgan fingerprint density at radius 3 is 2.91 bits per heavy atom. The maximum atomic E-state index is 12.4. The maximum Gasteiger partial charge on any atom is 0.322 e. The molecule has 23 heavy (non-hydrogen) atoms. The number of rotatable bonds is 4. The lowest BCUT2D eigenvalue weighted by molar-refractivity contribution is -0.384. The lowest BCUT2D eigenvalue weighted by Crippen LogP contribution is -2.49. The van der Waals surface area contributed by atoms with Crippen LogP contribution in [0.2, 0.25) is 0 Å². The highest BCUT2D eigenvalue weighted by Gasteiger charge is 2.31. The molecular weight excluding hydrogens is 302 g/mol. The number of aliphatic hydroxyl groups is 1. The lowest BCUT2D eigenvalue weighted by atomic mass is 9.95. The Labute approximate surface area is 134 Å². The summed E-state index contributed by atoms with van der Waals surface area (Å²) in [6.07, 6.45) is 1.34. The highest BCUT2D eigenvalue weighted by molar-refractivity contribution is 5.91. The number of anilines is 1. The van der Waals surface area contributed by atoms with Gasteiger partial charge in [-0.2, -0.15) is 0 Å². The number of ether oxygens (including phenoxy) is 1. The number of hydrogen-bond donors (Lipinski definition) is 2. The fourth-order valence-corrected chi connectivity index (χ4v) is 2.60. The minimum atomic E-state index is -0.916. The van der Waals surface area contributed by atoms with E-state index in [4.69, 9.17) is 4.74 Å². The normalized spacial score (nSPS) is 20.9. The van der Waals surface area contributed by atoms with Crippen molar-refractivity contribution in [2.75, 3.05) is 25.0 Å². The first-order valence-electron chi connectivity index (χ1n) is 7.52. The van der Waals surface area contributed by atoms with E-state index in [1.54, 1.807) is 13.8 Å². The molecule has 8 nitrogen and oxygen atoms in total. The molecule has 0 aromatic heterocycles. The van der Waals surface area contributed by atoms with Gasteiger partial charge in [0.15, 0.2) is 0 Å². The molecule has 0 radical (unpaired) electrons. The van der Waals surface area contributed by atoms with Gasteiger partial charge in [0.1, 0.15) is 5.75 Å². The van der Waals surface area contributed by atoms with Gasteiger partial charge in [-0.05, 0) is 32.8 Å². The Balaban J connectivity index is 2.18. The number of carbonyl (C=O) groups excluding carboxylic acids is 1. The average molecular weight is 323 g/mol. The summed E-state index contributed by atoms with van der Waals surface area (Å²) < 4.78 is 5.40. The van der Waals surface area contributed by atoms with Crippen LogP contribution >= 0.6 is 0 Å². The standard InChI is InChI=1S/C15H21N3O5/c1-3-23-13-6-5-11(18(21)22)9-12(13)16-14(19)17-8-4-7-15(2,20)10-17/h5-6,9,20H,3-4,7-8,10H2,1-2H3,(H,16,19)/t15-/m1/s1. The van der Waals surface area contributed by atoms with E-state index < -0.39 is 16.6 Å². The van der Waals surface area contributed by atoms with E-state index in [9.17, 15) is 20.0 Å². The number of β-amino-alcohol motifs (C(OH)–C–C–N with tert-alkyl or cyclic N) is 1. The van der Waals surface area contributed by atoms with Gasteiger partial charge in [0.05, 0.1) is 29.4 Å². The molecule has 1 saturated heterocycles. The Morgan fingerprint density at radius 2 is 2.30 bits per heavy atom. The van der Waals surface area contributed by atoms with Gasteiger partial charge in [0.2, 0.25) is 0 Å². The fourth-order valence-electron chi connectivity index (χ4n) is 2.60. The van der Waals surface area contributed by atoms with Crippen LogP contribution in [0, 0.1) is 10.1 Å². The third-order valence-corrected chi connectivity index (χ3v) is 3.68. The number of hydrogen-bond acceptors (Lipinski definition) is 5. The zero-order valence-corrected chi connectivity index (χ0v) is 13.2. The van der Waals surface area contributed by atoms with Crippen LogP contribution in [-0.2, 0) is 0 Å². The van der Waals surface area contributed by atoms with E-state index in [2.05, 4.69) is 5.32 Å². The number of carbonyl (C=O) groups is 1. The van der Waals surface area contributed by atoms with E-state index in [1.807, 2.05) is 0 Å². The molecule has 1 heterocycles. The zero-order valence-electron chi connectivity index (χ0n) is 13.2. The molecule has 1 aliphatic heterocycles. The number of urea groups is 1. The predicted molar refractivity (Wildman–Crippen MR) is 84.7 cm³/mol. The van der Waals surface area contributed by atoms with Gasteiger partial charge in [0, 0.05) is 18.7 Å². The molecular formula is C15H21N3O5. The van der Waals surface area contributed by atoms with Crippen molar-refractivity contribution in [1.82, 2.24) is 4.90 Å². The van der Waals surface area contributed by atoms with E-state index in [1.165, 1.54) is 23.1 Å². The van der Waals surface area contributed by atoms with Crippen LogP contribution < -0.4 is 10.1 Å². The molecule has 0 bridgehead atoms. The summed E-state index contributed by atoms with van der Waals surface area (Å²) in [4.78, 5) is 24.2. The number of benzene rings is 1. The fraction of sp³-hybridized carbons (Fsp3) is 0.533. The summed E-state index contributed by atoms with van der Waals surface area (Å²) >= 11 is 0. The van der Waals surface area contributed by atoms with Crippen LogP contribution in [0.15, 0.2) is 18.2 Å². The Morgan fingerprint density at radius 1 is 1.57 bits per heavy atom. The molecule has 0 saturated carbocycles. The van der Waals surface area contributed by atoms with Crippen molar-refractivity contribution in [3.8, 4) is 5.75 Å². The molecule has 1 fully saturated rings. The number of nitro benzene ring substituents is 1. The molecule has 2 amide bonds. The Hall–Kier alpha value is -2.35. The molecule has 2 rings (SSSR count). The van der Waals surface area contributed by atoms with Crippen LogP contribution in [0.4, 0.5) is 16.2 Å². The van der Waals surface area contributed by atoms with Gasteiger partial charge in [-0.25, -0.2) is 4.79 Å². The Kier molecular flexibility index (Phi) is 5.05. The quantitative estimate of drug-likeness (QED) is 0.654. The first-order chi connectivity index (χ1) is 10.8. The number of nitrogens with zero attached hydrogens (tertiary/aromatic N) is 2. The maximum absolute atomic E-state index is 12.4. The number of nitrogens with one attached hydrogen (secondary N) is 1. The molecule has 2 N–H and O–H groups in total. The third kappa shape index (κ3) is 4.32. The summed E-state index contributed by atoms with van der Waals surface area (Å²) in [7, 11) is 0. The van der Waals surface area contributed by atoms with Gasteiger partial charge in [-0.1, -0.05) is 0 Å². The SMILES string of the molecule is CCOc1ccc([N+](=O)[O-])cc1NC(=O)N1CCC[C@@](C)(O)C1. The van der Waals surface area contributed by atoms with Gasteiger partial charge in [-0.3, -0.25) is 10.1 Å². The molecule has 8 heteroatoms. The highest BCUT2D eigenvalue weighted by atomic mass is 16.6. The third-order valence-electron chi connectivity index (χ3n) is 3.68. The lowest BCUT2D eigenvalue weighted by Gasteiger charge is -2.36.